The maximum absolute atomic E-state index is 13.2. The third-order valence-electron chi connectivity index (χ3n) is 4.64. The fourth-order valence-corrected chi connectivity index (χ4v) is 3.17. The van der Waals surface area contributed by atoms with Crippen LogP contribution in [-0.4, -0.2) is 26.4 Å². The van der Waals surface area contributed by atoms with Gasteiger partial charge in [-0.2, -0.15) is 0 Å². The molecule has 3 aromatic rings. The molecule has 0 heterocycles. The Morgan fingerprint density at radius 1 is 0.839 bits per heavy atom. The Balaban J connectivity index is 1.85. The number of methoxy groups -OCH3 is 1. The zero-order valence-electron chi connectivity index (χ0n) is 18.1. The first-order valence-corrected chi connectivity index (χ1v) is 10.3. The number of anilines is 2. The van der Waals surface area contributed by atoms with E-state index in [9.17, 15) is 4.79 Å². The van der Waals surface area contributed by atoms with Gasteiger partial charge in [0.15, 0.2) is 0 Å². The van der Waals surface area contributed by atoms with Gasteiger partial charge in [-0.25, -0.2) is 4.79 Å². The summed E-state index contributed by atoms with van der Waals surface area (Å²) in [6.45, 7) is 5.40. The molecule has 0 aliphatic heterocycles. The average Bonchev–Trinajstić information content (AvgIpc) is 2.80. The van der Waals surface area contributed by atoms with Crippen LogP contribution >= 0.6 is 0 Å². The maximum atomic E-state index is 13.2. The van der Waals surface area contributed by atoms with E-state index in [2.05, 4.69) is 5.32 Å². The fourth-order valence-electron chi connectivity index (χ4n) is 3.17. The number of nitrogens with zero attached hydrogens (tertiary/aromatic N) is 1. The first-order valence-electron chi connectivity index (χ1n) is 10.3. The lowest BCUT2D eigenvalue weighted by molar-refractivity contribution is 0.256. The minimum Gasteiger partial charge on any atom is -0.496 e. The number of para-hydroxylation sites is 1. The topological polar surface area (TPSA) is 60.0 Å². The number of carbonyl (C=O) groups is 1. The smallest absolute Gasteiger partial charge is 0.326 e. The molecule has 3 aromatic carbocycles. The SMILES string of the molecule is CCOc1ccc(NC(=O)N(Cc2ccccc2OC)c2ccc(OCC)cc2)cc1. The van der Waals surface area contributed by atoms with Gasteiger partial charge in [-0.1, -0.05) is 18.2 Å². The van der Waals surface area contributed by atoms with Crippen LogP contribution in [0.25, 0.3) is 0 Å². The lowest BCUT2D eigenvalue weighted by Gasteiger charge is -2.24. The van der Waals surface area contributed by atoms with Crippen molar-refractivity contribution in [2.24, 2.45) is 0 Å². The van der Waals surface area contributed by atoms with E-state index >= 15 is 0 Å². The Morgan fingerprint density at radius 2 is 1.42 bits per heavy atom. The molecule has 0 unspecified atom stereocenters. The highest BCUT2D eigenvalue weighted by Gasteiger charge is 2.18. The molecule has 0 radical (unpaired) electrons. The quantitative estimate of drug-likeness (QED) is 0.480. The van der Waals surface area contributed by atoms with Gasteiger partial charge in [0.1, 0.15) is 17.2 Å². The predicted molar refractivity (Wildman–Crippen MR) is 123 cm³/mol. The van der Waals surface area contributed by atoms with Crippen LogP contribution in [0, 0.1) is 0 Å². The van der Waals surface area contributed by atoms with Crippen molar-refractivity contribution in [2.45, 2.75) is 20.4 Å². The molecule has 2 amide bonds. The first kappa shape index (κ1) is 22.0. The van der Waals surface area contributed by atoms with Gasteiger partial charge in [-0.15, -0.1) is 0 Å². The number of urea groups is 1. The van der Waals surface area contributed by atoms with Crippen LogP contribution in [0.1, 0.15) is 19.4 Å². The highest BCUT2D eigenvalue weighted by molar-refractivity contribution is 6.01. The largest absolute Gasteiger partial charge is 0.496 e. The van der Waals surface area contributed by atoms with Crippen LogP contribution in [0.4, 0.5) is 16.2 Å². The van der Waals surface area contributed by atoms with Gasteiger partial charge in [-0.05, 0) is 68.4 Å². The van der Waals surface area contributed by atoms with Gasteiger partial charge in [0.2, 0.25) is 0 Å². The van der Waals surface area contributed by atoms with Crippen LogP contribution in [-0.2, 0) is 6.54 Å². The Hall–Kier alpha value is -3.67. The van der Waals surface area contributed by atoms with Crippen LogP contribution in [0.2, 0.25) is 0 Å². The van der Waals surface area contributed by atoms with E-state index in [1.165, 1.54) is 0 Å². The Kier molecular flexibility index (Phi) is 7.76. The van der Waals surface area contributed by atoms with Crippen LogP contribution in [0.5, 0.6) is 17.2 Å². The van der Waals surface area contributed by atoms with Crippen LogP contribution in [0.15, 0.2) is 72.8 Å². The van der Waals surface area contributed by atoms with Crippen LogP contribution < -0.4 is 24.4 Å². The van der Waals surface area contributed by atoms with Gasteiger partial charge in [0, 0.05) is 16.9 Å². The van der Waals surface area contributed by atoms with E-state index in [1.807, 2.05) is 86.6 Å². The third kappa shape index (κ3) is 5.92. The molecular formula is C25H28N2O4. The van der Waals surface area contributed by atoms with E-state index in [4.69, 9.17) is 14.2 Å². The number of hydrogen-bond acceptors (Lipinski definition) is 4. The molecule has 0 bridgehead atoms. The van der Waals surface area contributed by atoms with Gasteiger partial charge in [0.05, 0.1) is 26.9 Å². The molecule has 3 rings (SSSR count). The summed E-state index contributed by atoms with van der Waals surface area (Å²) in [5.41, 5.74) is 2.34. The highest BCUT2D eigenvalue weighted by Crippen LogP contribution is 2.26. The van der Waals surface area contributed by atoms with Crippen LogP contribution in [0.3, 0.4) is 0 Å². The van der Waals surface area contributed by atoms with Gasteiger partial charge < -0.3 is 19.5 Å². The maximum Gasteiger partial charge on any atom is 0.326 e. The number of rotatable bonds is 9. The summed E-state index contributed by atoms with van der Waals surface area (Å²) in [5, 5.41) is 2.97. The van der Waals surface area contributed by atoms with E-state index in [0.29, 0.717) is 25.4 Å². The van der Waals surface area contributed by atoms with Gasteiger partial charge >= 0.3 is 6.03 Å². The standard InChI is InChI=1S/C25H28N2O4/c1-4-30-22-14-10-20(11-15-22)26-25(28)27(18-19-8-6-7-9-24(19)29-3)21-12-16-23(17-13-21)31-5-2/h6-17H,4-5,18H2,1-3H3,(H,26,28). The summed E-state index contributed by atoms with van der Waals surface area (Å²) in [6, 6.07) is 22.2. The Bertz CT molecular complexity index is 972. The molecule has 0 spiro atoms. The molecule has 0 saturated heterocycles. The molecule has 0 aliphatic rings. The van der Waals surface area contributed by atoms with E-state index in [0.717, 1.165) is 28.5 Å². The molecule has 162 valence electrons. The summed E-state index contributed by atoms with van der Waals surface area (Å²) in [6.07, 6.45) is 0. The lowest BCUT2D eigenvalue weighted by Crippen LogP contribution is -2.34. The zero-order valence-corrected chi connectivity index (χ0v) is 18.1. The van der Waals surface area contributed by atoms with Crippen molar-refractivity contribution < 1.29 is 19.0 Å². The van der Waals surface area contributed by atoms with Crippen molar-refractivity contribution in [1.82, 2.24) is 0 Å². The summed E-state index contributed by atoms with van der Waals surface area (Å²) in [7, 11) is 1.63. The molecule has 0 fully saturated rings. The fraction of sp³-hybridized carbons (Fsp3) is 0.240. The second-order valence-corrected chi connectivity index (χ2v) is 6.71. The minimum atomic E-state index is -0.251. The second kappa shape index (κ2) is 10.9. The summed E-state index contributed by atoms with van der Waals surface area (Å²) < 4.78 is 16.5. The van der Waals surface area contributed by atoms with E-state index in [1.54, 1.807) is 12.0 Å². The van der Waals surface area contributed by atoms with Gasteiger partial charge in [0.25, 0.3) is 0 Å². The molecule has 0 aromatic heterocycles. The van der Waals surface area contributed by atoms with Crippen molar-refractivity contribution in [3.63, 3.8) is 0 Å². The zero-order chi connectivity index (χ0) is 22.1. The number of ether oxygens (including phenoxy) is 3. The first-order chi connectivity index (χ1) is 15.1. The van der Waals surface area contributed by atoms with Crippen molar-refractivity contribution in [3.05, 3.63) is 78.4 Å². The molecule has 1 N–H and O–H groups in total. The molecule has 6 nitrogen and oxygen atoms in total. The molecule has 0 atom stereocenters. The second-order valence-electron chi connectivity index (χ2n) is 6.71. The summed E-state index contributed by atoms with van der Waals surface area (Å²) in [5.74, 6) is 2.25. The van der Waals surface area contributed by atoms with Gasteiger partial charge in [-0.3, -0.25) is 4.90 Å². The van der Waals surface area contributed by atoms with Crippen molar-refractivity contribution in [3.8, 4) is 17.2 Å². The summed E-state index contributed by atoms with van der Waals surface area (Å²) >= 11 is 0. The highest BCUT2D eigenvalue weighted by atomic mass is 16.5. The van der Waals surface area contributed by atoms with E-state index in [-0.39, 0.29) is 6.03 Å². The Morgan fingerprint density at radius 3 is 2.00 bits per heavy atom. The minimum absolute atomic E-state index is 0.251. The lowest BCUT2D eigenvalue weighted by atomic mass is 10.1. The summed E-state index contributed by atoms with van der Waals surface area (Å²) in [4.78, 5) is 14.9. The van der Waals surface area contributed by atoms with E-state index < -0.39 is 0 Å². The third-order valence-corrected chi connectivity index (χ3v) is 4.64. The number of benzene rings is 3. The molecule has 0 aliphatic carbocycles. The monoisotopic (exact) mass is 420 g/mol. The Labute approximate surface area is 183 Å². The number of carbonyl (C=O) groups excluding carboxylic acids is 1. The molecular weight excluding hydrogens is 392 g/mol. The van der Waals surface area contributed by atoms with Crippen molar-refractivity contribution in [2.75, 3.05) is 30.5 Å². The molecule has 6 heteroatoms. The van der Waals surface area contributed by atoms with Crippen molar-refractivity contribution >= 4 is 17.4 Å². The normalized spacial score (nSPS) is 10.3. The number of nitrogens with one attached hydrogen (secondary N) is 1. The number of hydrogen-bond donors (Lipinski definition) is 1. The molecule has 31 heavy (non-hydrogen) atoms. The number of amides is 2. The average molecular weight is 421 g/mol. The predicted octanol–water partition coefficient (Wildman–Crippen LogP) is 5.73. The van der Waals surface area contributed by atoms with Crippen molar-refractivity contribution in [1.29, 1.82) is 0 Å². The molecule has 0 saturated carbocycles.